The number of nitrogens with zero attached hydrogens (tertiary/aromatic N) is 2. The van der Waals surface area contributed by atoms with Gasteiger partial charge in [0.1, 0.15) is 24.3 Å². The lowest BCUT2D eigenvalue weighted by Gasteiger charge is -2.13. The molecule has 0 aliphatic rings. The summed E-state index contributed by atoms with van der Waals surface area (Å²) in [6.45, 7) is 0.232. The number of benzene rings is 2. The molecule has 0 aliphatic carbocycles. The molecule has 0 amide bonds. The number of methoxy groups -OCH3 is 1. The number of halogens is 3. The summed E-state index contributed by atoms with van der Waals surface area (Å²) in [6.07, 6.45) is 1.46. The molecule has 0 aliphatic heterocycles. The van der Waals surface area contributed by atoms with Gasteiger partial charge in [-0.05, 0) is 35.9 Å². The summed E-state index contributed by atoms with van der Waals surface area (Å²) in [5.41, 5.74) is 1.40. The molecule has 0 heterocycles. The second kappa shape index (κ2) is 8.78. The minimum Gasteiger partial charge on any atom is -0.493 e. The van der Waals surface area contributed by atoms with Crippen molar-refractivity contribution < 1.29 is 9.47 Å². The summed E-state index contributed by atoms with van der Waals surface area (Å²) in [6, 6.07) is 12.2. The number of rotatable bonds is 5. The van der Waals surface area contributed by atoms with E-state index in [9.17, 15) is 0 Å². The van der Waals surface area contributed by atoms with Gasteiger partial charge >= 0.3 is 0 Å². The normalized spacial score (nSPS) is 9.68. The molecule has 25 heavy (non-hydrogen) atoms. The van der Waals surface area contributed by atoms with Gasteiger partial charge in [-0.1, -0.05) is 45.2 Å². The Bertz CT molecular complexity index is 899. The smallest absolute Gasteiger partial charge is 0.162 e. The quantitative estimate of drug-likeness (QED) is 0.556. The Morgan fingerprint density at radius 3 is 2.48 bits per heavy atom. The Balaban J connectivity index is 2.30. The fourth-order valence-electron chi connectivity index (χ4n) is 1.97. The number of ether oxygens (including phenoxy) is 2. The van der Waals surface area contributed by atoms with Crippen molar-refractivity contribution >= 4 is 45.2 Å². The van der Waals surface area contributed by atoms with Crippen molar-refractivity contribution in [3.63, 3.8) is 0 Å². The van der Waals surface area contributed by atoms with E-state index in [1.807, 2.05) is 12.1 Å². The van der Waals surface area contributed by atoms with Crippen LogP contribution in [0.1, 0.15) is 11.1 Å². The van der Waals surface area contributed by atoms with E-state index in [0.717, 1.165) is 5.56 Å². The predicted octanol–water partition coefficient (Wildman–Crippen LogP) is 5.77. The monoisotopic (exact) mass is 436 g/mol. The second-order valence-corrected chi connectivity index (χ2v) is 6.53. The third kappa shape index (κ3) is 4.90. The van der Waals surface area contributed by atoms with Gasteiger partial charge in [0.15, 0.2) is 11.5 Å². The number of nitriles is 2. The molecular weight excluding hydrogens is 427 g/mol. The molecule has 2 rings (SSSR count). The summed E-state index contributed by atoms with van der Waals surface area (Å²) in [5.74, 6) is 0.961. The van der Waals surface area contributed by atoms with Gasteiger partial charge < -0.3 is 9.47 Å². The molecule has 0 aromatic heterocycles. The maximum Gasteiger partial charge on any atom is 0.162 e. The Hall–Kier alpha value is -2.18. The summed E-state index contributed by atoms with van der Waals surface area (Å²) < 4.78 is 11.8. The van der Waals surface area contributed by atoms with Crippen LogP contribution in [0.3, 0.4) is 0 Å². The van der Waals surface area contributed by atoms with Gasteiger partial charge in [0.05, 0.1) is 7.11 Å². The van der Waals surface area contributed by atoms with Gasteiger partial charge in [0, 0.05) is 20.1 Å². The zero-order chi connectivity index (χ0) is 18.4. The van der Waals surface area contributed by atoms with Crippen molar-refractivity contribution in [1.29, 1.82) is 10.5 Å². The van der Waals surface area contributed by atoms with Crippen LogP contribution >= 0.6 is 39.1 Å². The highest BCUT2D eigenvalue weighted by Crippen LogP contribution is 2.35. The molecule has 0 saturated heterocycles. The minimum absolute atomic E-state index is 0.00984. The topological polar surface area (TPSA) is 66.0 Å². The molecule has 0 radical (unpaired) electrons. The molecule has 126 valence electrons. The molecule has 0 N–H and O–H groups in total. The Morgan fingerprint density at radius 1 is 1.16 bits per heavy atom. The van der Waals surface area contributed by atoms with E-state index in [1.54, 1.807) is 30.3 Å². The summed E-state index contributed by atoms with van der Waals surface area (Å²) >= 11 is 15.4. The summed E-state index contributed by atoms with van der Waals surface area (Å²) in [4.78, 5) is 0. The van der Waals surface area contributed by atoms with E-state index < -0.39 is 0 Å². The highest BCUT2D eigenvalue weighted by Gasteiger charge is 2.11. The Labute approximate surface area is 163 Å². The van der Waals surface area contributed by atoms with Crippen molar-refractivity contribution in [2.75, 3.05) is 7.11 Å². The molecule has 0 unspecified atom stereocenters. The lowest BCUT2D eigenvalue weighted by Crippen LogP contribution is -1.99. The number of hydrogen-bond acceptors (Lipinski definition) is 4. The summed E-state index contributed by atoms with van der Waals surface area (Å²) in [7, 11) is 1.51. The van der Waals surface area contributed by atoms with Crippen LogP contribution in [-0.2, 0) is 6.61 Å². The van der Waals surface area contributed by atoms with Gasteiger partial charge in [-0.15, -0.1) is 0 Å². The highest BCUT2D eigenvalue weighted by molar-refractivity contribution is 9.10. The summed E-state index contributed by atoms with van der Waals surface area (Å²) in [5, 5.41) is 18.8. The van der Waals surface area contributed by atoms with E-state index in [1.165, 1.54) is 13.2 Å². The zero-order valence-electron chi connectivity index (χ0n) is 13.0. The van der Waals surface area contributed by atoms with E-state index in [4.69, 9.17) is 43.2 Å². The standard InChI is InChI=1S/C18H11BrCl2N2O2/c1-24-17-5-13(4-11(8-22)9-23)15(19)7-18(17)25-10-12-2-3-14(20)6-16(12)21/h2-7H,10H2,1H3. The van der Waals surface area contributed by atoms with Gasteiger partial charge in [0.25, 0.3) is 0 Å². The van der Waals surface area contributed by atoms with Crippen LogP contribution in [0.4, 0.5) is 0 Å². The van der Waals surface area contributed by atoms with Crippen LogP contribution in [0.15, 0.2) is 40.4 Å². The van der Waals surface area contributed by atoms with Gasteiger partial charge in [-0.2, -0.15) is 10.5 Å². The molecule has 0 spiro atoms. The first-order chi connectivity index (χ1) is 12.0. The fourth-order valence-corrected chi connectivity index (χ4v) is 2.87. The van der Waals surface area contributed by atoms with Crippen LogP contribution < -0.4 is 9.47 Å². The first-order valence-corrected chi connectivity index (χ1v) is 8.49. The predicted molar refractivity (Wildman–Crippen MR) is 101 cm³/mol. The van der Waals surface area contributed by atoms with Gasteiger partial charge in [-0.25, -0.2) is 0 Å². The van der Waals surface area contributed by atoms with Gasteiger partial charge in [0.2, 0.25) is 0 Å². The minimum atomic E-state index is -0.00984. The molecule has 0 bridgehead atoms. The largest absolute Gasteiger partial charge is 0.493 e. The van der Waals surface area contributed by atoms with Crippen molar-refractivity contribution in [1.82, 2.24) is 0 Å². The molecule has 2 aromatic carbocycles. The van der Waals surface area contributed by atoms with Crippen LogP contribution in [0.5, 0.6) is 11.5 Å². The first-order valence-electron chi connectivity index (χ1n) is 6.94. The Kier molecular flexibility index (Phi) is 6.73. The number of allylic oxidation sites excluding steroid dienone is 1. The van der Waals surface area contributed by atoms with Crippen molar-refractivity contribution in [2.45, 2.75) is 6.61 Å². The van der Waals surface area contributed by atoms with Crippen molar-refractivity contribution in [3.8, 4) is 23.6 Å². The van der Waals surface area contributed by atoms with Crippen LogP contribution in [0, 0.1) is 22.7 Å². The lowest BCUT2D eigenvalue weighted by atomic mass is 10.1. The van der Waals surface area contributed by atoms with Crippen LogP contribution in [-0.4, -0.2) is 7.11 Å². The molecule has 7 heteroatoms. The number of hydrogen-bond donors (Lipinski definition) is 0. The second-order valence-electron chi connectivity index (χ2n) is 4.83. The van der Waals surface area contributed by atoms with E-state index >= 15 is 0 Å². The van der Waals surface area contributed by atoms with E-state index in [-0.39, 0.29) is 12.2 Å². The van der Waals surface area contributed by atoms with Crippen molar-refractivity contribution in [3.05, 3.63) is 61.5 Å². The molecule has 4 nitrogen and oxygen atoms in total. The molecular formula is C18H11BrCl2N2O2. The molecule has 0 saturated carbocycles. The van der Waals surface area contributed by atoms with Gasteiger partial charge in [-0.3, -0.25) is 0 Å². The van der Waals surface area contributed by atoms with Crippen LogP contribution in [0.2, 0.25) is 10.0 Å². The molecule has 2 aromatic rings. The SMILES string of the molecule is COc1cc(C=C(C#N)C#N)c(Br)cc1OCc1ccc(Cl)cc1Cl. The van der Waals surface area contributed by atoms with Crippen molar-refractivity contribution in [2.24, 2.45) is 0 Å². The van der Waals surface area contributed by atoms with E-state index in [0.29, 0.717) is 31.6 Å². The first kappa shape index (κ1) is 19.1. The average Bonchev–Trinajstić information content (AvgIpc) is 2.60. The molecule has 0 atom stereocenters. The lowest BCUT2D eigenvalue weighted by molar-refractivity contribution is 0.284. The highest BCUT2D eigenvalue weighted by atomic mass is 79.9. The average molecular weight is 438 g/mol. The van der Waals surface area contributed by atoms with E-state index in [2.05, 4.69) is 15.9 Å². The molecule has 0 fully saturated rings. The third-order valence-electron chi connectivity index (χ3n) is 3.22. The van der Waals surface area contributed by atoms with Crippen LogP contribution in [0.25, 0.3) is 6.08 Å². The maximum atomic E-state index is 8.88. The maximum absolute atomic E-state index is 8.88. The third-order valence-corrected chi connectivity index (χ3v) is 4.50. The zero-order valence-corrected chi connectivity index (χ0v) is 16.1. The Morgan fingerprint density at radius 2 is 1.88 bits per heavy atom. The fraction of sp³-hybridized carbons (Fsp3) is 0.111.